The van der Waals surface area contributed by atoms with Gasteiger partial charge in [0, 0.05) is 30.2 Å². The van der Waals surface area contributed by atoms with Gasteiger partial charge in [-0.2, -0.15) is 0 Å². The van der Waals surface area contributed by atoms with Gasteiger partial charge in [0.05, 0.1) is 16.8 Å². The van der Waals surface area contributed by atoms with Crippen molar-refractivity contribution in [3.8, 4) is 0 Å². The van der Waals surface area contributed by atoms with Crippen LogP contribution in [0.2, 0.25) is 0 Å². The van der Waals surface area contributed by atoms with Crippen LogP contribution < -0.4 is 16.2 Å². The number of piperidine rings is 1. The molecule has 138 valence electrons. The molecule has 2 aliphatic rings. The Balaban J connectivity index is 1.47. The van der Waals surface area contributed by atoms with E-state index >= 15 is 0 Å². The Morgan fingerprint density at radius 1 is 1.27 bits per heavy atom. The van der Waals surface area contributed by atoms with Gasteiger partial charge < -0.3 is 10.6 Å². The second kappa shape index (κ2) is 7.04. The van der Waals surface area contributed by atoms with Crippen LogP contribution in [0.15, 0.2) is 39.1 Å². The minimum absolute atomic E-state index is 0.0962. The standard InChI is InChI=1S/C19H25N5OS/c1-13-14(4-3-9-21-13)26-15-12-22-18(23-17(15)25)24-10-7-19(8-11-24)6-2-5-16(19)20/h3-4,9,12,16H,2,5-8,10-11,20H2,1H3,(H,22,23,25)/t16-/m1/s1. The molecule has 7 heteroatoms. The van der Waals surface area contributed by atoms with Crippen LogP contribution in [0.3, 0.4) is 0 Å². The number of nitrogens with zero attached hydrogens (tertiary/aromatic N) is 3. The van der Waals surface area contributed by atoms with Crippen LogP contribution in [0, 0.1) is 12.3 Å². The first-order valence-corrected chi connectivity index (χ1v) is 10.1. The molecule has 4 rings (SSSR count). The minimum Gasteiger partial charge on any atom is -0.342 e. The van der Waals surface area contributed by atoms with Crippen LogP contribution in [-0.4, -0.2) is 34.1 Å². The third-order valence-corrected chi connectivity index (χ3v) is 7.13. The molecule has 0 radical (unpaired) electrons. The third-order valence-electron chi connectivity index (χ3n) is 5.97. The van der Waals surface area contributed by atoms with Crippen molar-refractivity contribution in [2.45, 2.75) is 54.9 Å². The number of anilines is 1. The Kier molecular flexibility index (Phi) is 4.75. The number of aromatic nitrogens is 3. The van der Waals surface area contributed by atoms with E-state index in [1.165, 1.54) is 24.6 Å². The summed E-state index contributed by atoms with van der Waals surface area (Å²) < 4.78 is 0. The largest absolute Gasteiger partial charge is 0.342 e. The molecule has 1 saturated heterocycles. The molecule has 1 atom stereocenters. The molecule has 1 aliphatic carbocycles. The molecule has 26 heavy (non-hydrogen) atoms. The summed E-state index contributed by atoms with van der Waals surface area (Å²) in [6, 6.07) is 4.18. The Bertz CT molecular complexity index is 844. The van der Waals surface area contributed by atoms with E-state index in [2.05, 4.69) is 19.9 Å². The van der Waals surface area contributed by atoms with Crippen molar-refractivity contribution >= 4 is 17.7 Å². The second-order valence-corrected chi connectivity index (χ2v) is 8.52. The van der Waals surface area contributed by atoms with E-state index in [1.54, 1.807) is 12.4 Å². The van der Waals surface area contributed by atoms with Gasteiger partial charge in [0.25, 0.3) is 5.56 Å². The zero-order valence-corrected chi connectivity index (χ0v) is 15.9. The first kappa shape index (κ1) is 17.5. The average Bonchev–Trinajstić information content (AvgIpc) is 2.99. The number of aromatic amines is 1. The fraction of sp³-hybridized carbons (Fsp3) is 0.526. The average molecular weight is 372 g/mol. The van der Waals surface area contributed by atoms with Crippen molar-refractivity contribution in [2.24, 2.45) is 11.1 Å². The summed E-state index contributed by atoms with van der Waals surface area (Å²) in [6.45, 7) is 3.76. The molecule has 3 heterocycles. The molecule has 6 nitrogen and oxygen atoms in total. The highest BCUT2D eigenvalue weighted by Crippen LogP contribution is 2.45. The van der Waals surface area contributed by atoms with Crippen molar-refractivity contribution < 1.29 is 0 Å². The van der Waals surface area contributed by atoms with Gasteiger partial charge >= 0.3 is 0 Å². The van der Waals surface area contributed by atoms with Gasteiger partial charge in [-0.3, -0.25) is 14.8 Å². The number of pyridine rings is 1. The van der Waals surface area contributed by atoms with Gasteiger partial charge in [-0.1, -0.05) is 18.2 Å². The molecular weight excluding hydrogens is 346 g/mol. The van der Waals surface area contributed by atoms with Crippen molar-refractivity contribution in [3.05, 3.63) is 40.6 Å². The van der Waals surface area contributed by atoms with Crippen LogP contribution in [0.5, 0.6) is 0 Å². The normalized spacial score (nSPS) is 22.1. The minimum atomic E-state index is -0.0962. The van der Waals surface area contributed by atoms with Crippen molar-refractivity contribution in [1.29, 1.82) is 0 Å². The summed E-state index contributed by atoms with van der Waals surface area (Å²) in [5, 5.41) is 0. The number of H-pyrrole nitrogens is 1. The molecular formula is C19H25N5OS. The van der Waals surface area contributed by atoms with Gasteiger partial charge in [0.15, 0.2) is 0 Å². The molecule has 2 aromatic heterocycles. The SMILES string of the molecule is Cc1ncccc1Sc1cnc(N2CCC3(CCC[C@H]3N)CC2)[nH]c1=O. The van der Waals surface area contributed by atoms with Crippen LogP contribution in [0.4, 0.5) is 5.95 Å². The molecule has 2 fully saturated rings. The molecule has 2 aromatic rings. The molecule has 1 aliphatic heterocycles. The van der Waals surface area contributed by atoms with Crippen molar-refractivity contribution in [1.82, 2.24) is 15.0 Å². The molecule has 0 amide bonds. The van der Waals surface area contributed by atoms with Crippen LogP contribution >= 0.6 is 11.8 Å². The summed E-state index contributed by atoms with van der Waals surface area (Å²) in [5.74, 6) is 0.670. The Labute approximate surface area is 157 Å². The number of nitrogens with one attached hydrogen (secondary N) is 1. The van der Waals surface area contributed by atoms with Crippen molar-refractivity contribution in [3.63, 3.8) is 0 Å². The van der Waals surface area contributed by atoms with Gasteiger partial charge in [-0.05, 0) is 50.2 Å². The van der Waals surface area contributed by atoms with E-state index in [4.69, 9.17) is 5.73 Å². The molecule has 0 aromatic carbocycles. The second-order valence-electron chi connectivity index (χ2n) is 7.44. The van der Waals surface area contributed by atoms with E-state index in [1.807, 2.05) is 19.1 Å². The first-order chi connectivity index (χ1) is 12.6. The third kappa shape index (κ3) is 3.25. The lowest BCUT2D eigenvalue weighted by molar-refractivity contribution is 0.197. The van der Waals surface area contributed by atoms with Gasteiger partial charge in [0.2, 0.25) is 5.95 Å². The van der Waals surface area contributed by atoms with E-state index in [0.717, 1.165) is 42.9 Å². The van der Waals surface area contributed by atoms with E-state index < -0.39 is 0 Å². The van der Waals surface area contributed by atoms with Crippen LogP contribution in [-0.2, 0) is 0 Å². The van der Waals surface area contributed by atoms with E-state index in [0.29, 0.717) is 22.3 Å². The summed E-state index contributed by atoms with van der Waals surface area (Å²) in [6.07, 6.45) is 9.24. The predicted octanol–water partition coefficient (Wildman–Crippen LogP) is 2.72. The lowest BCUT2D eigenvalue weighted by Crippen LogP contribution is -2.47. The maximum atomic E-state index is 12.5. The Morgan fingerprint density at radius 3 is 2.73 bits per heavy atom. The van der Waals surface area contributed by atoms with Gasteiger partial charge in [-0.15, -0.1) is 0 Å². The number of rotatable bonds is 3. The highest BCUT2D eigenvalue weighted by Gasteiger charge is 2.43. The highest BCUT2D eigenvalue weighted by atomic mass is 32.2. The monoisotopic (exact) mass is 371 g/mol. The van der Waals surface area contributed by atoms with Crippen LogP contribution in [0.1, 0.15) is 37.8 Å². The molecule has 1 spiro atoms. The smallest absolute Gasteiger partial charge is 0.266 e. The predicted molar refractivity (Wildman–Crippen MR) is 104 cm³/mol. The highest BCUT2D eigenvalue weighted by molar-refractivity contribution is 7.99. The zero-order chi connectivity index (χ0) is 18.1. The zero-order valence-electron chi connectivity index (χ0n) is 15.1. The fourth-order valence-corrected chi connectivity index (χ4v) is 5.09. The summed E-state index contributed by atoms with van der Waals surface area (Å²) >= 11 is 1.41. The van der Waals surface area contributed by atoms with Crippen LogP contribution in [0.25, 0.3) is 0 Å². The quantitative estimate of drug-likeness (QED) is 0.862. The van der Waals surface area contributed by atoms with Gasteiger partial charge in [-0.25, -0.2) is 4.98 Å². The lowest BCUT2D eigenvalue weighted by atomic mass is 9.74. The number of aryl methyl sites for hydroxylation is 1. The number of nitrogens with two attached hydrogens (primary N) is 1. The number of hydrogen-bond donors (Lipinski definition) is 2. The molecule has 3 N–H and O–H groups in total. The Morgan fingerprint density at radius 2 is 2.08 bits per heavy atom. The van der Waals surface area contributed by atoms with E-state index in [9.17, 15) is 4.79 Å². The first-order valence-electron chi connectivity index (χ1n) is 9.27. The Hall–Kier alpha value is -1.86. The fourth-order valence-electron chi connectivity index (χ4n) is 4.25. The van der Waals surface area contributed by atoms with Gasteiger partial charge in [0.1, 0.15) is 0 Å². The summed E-state index contributed by atoms with van der Waals surface area (Å²) in [4.78, 5) is 28.0. The maximum Gasteiger partial charge on any atom is 0.266 e. The topological polar surface area (TPSA) is 87.9 Å². The summed E-state index contributed by atoms with van der Waals surface area (Å²) in [7, 11) is 0. The molecule has 0 unspecified atom stereocenters. The summed E-state index contributed by atoms with van der Waals surface area (Å²) in [5.41, 5.74) is 7.48. The van der Waals surface area contributed by atoms with Crippen molar-refractivity contribution in [2.75, 3.05) is 18.0 Å². The van der Waals surface area contributed by atoms with E-state index in [-0.39, 0.29) is 5.56 Å². The maximum absolute atomic E-state index is 12.5. The number of hydrogen-bond acceptors (Lipinski definition) is 6. The molecule has 1 saturated carbocycles. The lowest BCUT2D eigenvalue weighted by Gasteiger charge is -2.42. The molecule has 0 bridgehead atoms.